The lowest BCUT2D eigenvalue weighted by molar-refractivity contribution is -0.121. The molecule has 1 N–H and O–H groups in total. The van der Waals surface area contributed by atoms with Crippen LogP contribution in [0.2, 0.25) is 0 Å². The number of sulfonamides is 1. The summed E-state index contributed by atoms with van der Waals surface area (Å²) in [5.74, 6) is -0.774. The van der Waals surface area contributed by atoms with Crippen molar-refractivity contribution in [1.82, 2.24) is 9.62 Å². The third-order valence-corrected chi connectivity index (χ3v) is 6.35. The van der Waals surface area contributed by atoms with Crippen molar-refractivity contribution in [2.45, 2.75) is 18.4 Å². The number of hydrogen-bond acceptors (Lipinski definition) is 3. The quantitative estimate of drug-likeness (QED) is 0.662. The van der Waals surface area contributed by atoms with Gasteiger partial charge in [0.1, 0.15) is 5.82 Å². The molecule has 0 heterocycles. The second-order valence-electron chi connectivity index (χ2n) is 6.34. The van der Waals surface area contributed by atoms with Gasteiger partial charge >= 0.3 is 0 Å². The summed E-state index contributed by atoms with van der Waals surface area (Å²) in [6.45, 7) is 1.77. The SMILES string of the molecule is CCN(CC(=O)NCc1ccc(F)cc1)S(=O)(=O)c1ccc2ccccc2c1. The van der Waals surface area contributed by atoms with Crippen molar-refractivity contribution < 1.29 is 17.6 Å². The van der Waals surface area contributed by atoms with Gasteiger partial charge in [-0.25, -0.2) is 12.8 Å². The first-order chi connectivity index (χ1) is 13.4. The summed E-state index contributed by atoms with van der Waals surface area (Å²) in [6.07, 6.45) is 0. The number of halogens is 1. The molecule has 5 nitrogen and oxygen atoms in total. The van der Waals surface area contributed by atoms with Gasteiger partial charge in [0, 0.05) is 13.1 Å². The summed E-state index contributed by atoms with van der Waals surface area (Å²) in [7, 11) is -3.80. The lowest BCUT2D eigenvalue weighted by Crippen LogP contribution is -2.40. The molecule has 0 spiro atoms. The topological polar surface area (TPSA) is 66.5 Å². The highest BCUT2D eigenvalue weighted by Crippen LogP contribution is 2.21. The van der Waals surface area contributed by atoms with E-state index < -0.39 is 15.9 Å². The minimum atomic E-state index is -3.80. The molecule has 7 heteroatoms. The molecule has 0 radical (unpaired) electrons. The third kappa shape index (κ3) is 4.55. The zero-order valence-corrected chi connectivity index (χ0v) is 16.2. The zero-order chi connectivity index (χ0) is 20.1. The minimum Gasteiger partial charge on any atom is -0.351 e. The van der Waals surface area contributed by atoms with Crippen LogP contribution in [-0.2, 0) is 21.4 Å². The normalized spacial score (nSPS) is 11.7. The highest BCUT2D eigenvalue weighted by molar-refractivity contribution is 7.89. The van der Waals surface area contributed by atoms with Gasteiger partial charge < -0.3 is 5.32 Å². The van der Waals surface area contributed by atoms with Crippen LogP contribution in [0.25, 0.3) is 10.8 Å². The number of carbonyl (C=O) groups is 1. The van der Waals surface area contributed by atoms with Crippen LogP contribution in [0.3, 0.4) is 0 Å². The van der Waals surface area contributed by atoms with Crippen molar-refractivity contribution in [1.29, 1.82) is 0 Å². The predicted molar refractivity (Wildman–Crippen MR) is 107 cm³/mol. The van der Waals surface area contributed by atoms with Gasteiger partial charge in [0.15, 0.2) is 0 Å². The van der Waals surface area contributed by atoms with Gasteiger partial charge in [-0.15, -0.1) is 0 Å². The average molecular weight is 400 g/mol. The molecule has 0 saturated heterocycles. The first-order valence-electron chi connectivity index (χ1n) is 8.90. The highest BCUT2D eigenvalue weighted by atomic mass is 32.2. The van der Waals surface area contributed by atoms with E-state index in [2.05, 4.69) is 5.32 Å². The maximum atomic E-state index is 13.0. The van der Waals surface area contributed by atoms with E-state index >= 15 is 0 Å². The second-order valence-corrected chi connectivity index (χ2v) is 8.28. The Bertz CT molecular complexity index is 1080. The molecular weight excluding hydrogens is 379 g/mol. The monoisotopic (exact) mass is 400 g/mol. The summed E-state index contributed by atoms with van der Waals surface area (Å²) in [5.41, 5.74) is 0.732. The fourth-order valence-corrected chi connectivity index (χ4v) is 4.30. The van der Waals surface area contributed by atoms with Gasteiger partial charge in [-0.05, 0) is 40.6 Å². The Morgan fingerprint density at radius 3 is 2.36 bits per heavy atom. The Morgan fingerprint density at radius 1 is 1.00 bits per heavy atom. The van der Waals surface area contributed by atoms with Crippen LogP contribution in [0.1, 0.15) is 12.5 Å². The summed E-state index contributed by atoms with van der Waals surface area (Å²) < 4.78 is 40.0. The van der Waals surface area contributed by atoms with Crippen molar-refractivity contribution in [3.8, 4) is 0 Å². The van der Waals surface area contributed by atoms with Crippen molar-refractivity contribution in [3.05, 3.63) is 78.1 Å². The Morgan fingerprint density at radius 2 is 1.68 bits per heavy atom. The molecule has 0 fully saturated rings. The highest BCUT2D eigenvalue weighted by Gasteiger charge is 2.25. The lowest BCUT2D eigenvalue weighted by Gasteiger charge is -2.20. The third-order valence-electron chi connectivity index (χ3n) is 4.43. The van der Waals surface area contributed by atoms with Crippen molar-refractivity contribution in [2.24, 2.45) is 0 Å². The molecule has 3 rings (SSSR count). The molecule has 0 aliphatic heterocycles. The molecule has 0 bridgehead atoms. The number of amides is 1. The van der Waals surface area contributed by atoms with Gasteiger partial charge in [0.2, 0.25) is 15.9 Å². The lowest BCUT2D eigenvalue weighted by atomic mass is 10.1. The number of rotatable bonds is 7. The molecule has 3 aromatic carbocycles. The molecule has 146 valence electrons. The number of benzene rings is 3. The first-order valence-corrected chi connectivity index (χ1v) is 10.3. The zero-order valence-electron chi connectivity index (χ0n) is 15.4. The number of hydrogen-bond donors (Lipinski definition) is 1. The molecule has 0 unspecified atom stereocenters. The Labute approximate surface area is 163 Å². The van der Waals surface area contributed by atoms with Gasteiger partial charge in [-0.3, -0.25) is 4.79 Å². The summed E-state index contributed by atoms with van der Waals surface area (Å²) in [5, 5.41) is 4.43. The fourth-order valence-electron chi connectivity index (χ4n) is 2.86. The molecule has 0 saturated carbocycles. The maximum absolute atomic E-state index is 13.0. The van der Waals surface area contributed by atoms with Crippen LogP contribution >= 0.6 is 0 Å². The van der Waals surface area contributed by atoms with Gasteiger partial charge in [-0.1, -0.05) is 49.4 Å². The van der Waals surface area contributed by atoms with E-state index in [-0.39, 0.29) is 30.3 Å². The van der Waals surface area contributed by atoms with E-state index in [0.717, 1.165) is 20.6 Å². The first kappa shape index (κ1) is 20.0. The largest absolute Gasteiger partial charge is 0.351 e. The van der Waals surface area contributed by atoms with Crippen molar-refractivity contribution >= 4 is 26.7 Å². The summed E-state index contributed by atoms with van der Waals surface area (Å²) >= 11 is 0. The number of carbonyl (C=O) groups excluding carboxylic acids is 1. The van der Waals surface area contributed by atoms with Crippen LogP contribution in [0.4, 0.5) is 4.39 Å². The Hall–Kier alpha value is -2.77. The molecular formula is C21H21FN2O3S. The van der Waals surface area contributed by atoms with Gasteiger partial charge in [-0.2, -0.15) is 4.31 Å². The summed E-state index contributed by atoms with van der Waals surface area (Å²) in [4.78, 5) is 12.4. The number of fused-ring (bicyclic) bond motifs is 1. The van der Waals surface area contributed by atoms with E-state index in [4.69, 9.17) is 0 Å². The van der Waals surface area contributed by atoms with E-state index in [1.807, 2.05) is 24.3 Å². The second kappa shape index (κ2) is 8.50. The smallest absolute Gasteiger partial charge is 0.243 e. The van der Waals surface area contributed by atoms with E-state index in [0.29, 0.717) is 0 Å². The average Bonchev–Trinajstić information content (AvgIpc) is 2.71. The van der Waals surface area contributed by atoms with Crippen LogP contribution in [0.15, 0.2) is 71.6 Å². The maximum Gasteiger partial charge on any atom is 0.243 e. The standard InChI is InChI=1S/C21H21FN2O3S/c1-2-24(15-21(25)23-14-16-7-10-19(22)11-8-16)28(26,27)20-12-9-17-5-3-4-6-18(17)13-20/h3-13H,2,14-15H2,1H3,(H,23,25). The van der Waals surface area contributed by atoms with Gasteiger partial charge in [0.25, 0.3) is 0 Å². The molecule has 0 aliphatic carbocycles. The number of nitrogens with zero attached hydrogens (tertiary/aromatic N) is 1. The van der Waals surface area contributed by atoms with Crippen LogP contribution in [-0.4, -0.2) is 31.7 Å². The molecule has 28 heavy (non-hydrogen) atoms. The molecule has 3 aromatic rings. The molecule has 0 aromatic heterocycles. The number of nitrogens with one attached hydrogen (secondary N) is 1. The van der Waals surface area contributed by atoms with Gasteiger partial charge in [0.05, 0.1) is 11.4 Å². The molecule has 1 amide bonds. The minimum absolute atomic E-state index is 0.152. The van der Waals surface area contributed by atoms with E-state index in [1.165, 1.54) is 12.1 Å². The van der Waals surface area contributed by atoms with E-state index in [9.17, 15) is 17.6 Å². The van der Waals surface area contributed by atoms with Crippen LogP contribution < -0.4 is 5.32 Å². The molecule has 0 aliphatic rings. The molecule has 0 atom stereocenters. The van der Waals surface area contributed by atoms with Crippen LogP contribution in [0.5, 0.6) is 0 Å². The number of likely N-dealkylation sites (N-methyl/N-ethyl adjacent to an activating group) is 1. The van der Waals surface area contributed by atoms with E-state index in [1.54, 1.807) is 37.3 Å². The Balaban J connectivity index is 1.71. The van der Waals surface area contributed by atoms with Crippen molar-refractivity contribution in [2.75, 3.05) is 13.1 Å². The predicted octanol–water partition coefficient (Wildman–Crippen LogP) is 3.31. The Kier molecular flexibility index (Phi) is 6.06. The summed E-state index contributed by atoms with van der Waals surface area (Å²) in [6, 6.07) is 18.2. The van der Waals surface area contributed by atoms with Crippen molar-refractivity contribution in [3.63, 3.8) is 0 Å². The fraction of sp³-hybridized carbons (Fsp3) is 0.190. The van der Waals surface area contributed by atoms with Crippen LogP contribution in [0, 0.1) is 5.82 Å².